The van der Waals surface area contributed by atoms with E-state index in [0.29, 0.717) is 18.7 Å². The number of rotatable bonds is 6. The number of anilines is 1. The number of amides is 2. The molecule has 1 atom stereocenters. The molecule has 6 heteroatoms. The highest BCUT2D eigenvalue weighted by atomic mass is 16.2. The Kier molecular flexibility index (Phi) is 10.8. The number of carbonyl (C=O) groups is 2. The van der Waals surface area contributed by atoms with E-state index in [0.717, 1.165) is 56.7 Å². The number of piperidine rings is 1. The van der Waals surface area contributed by atoms with E-state index in [2.05, 4.69) is 39.8 Å². The molecule has 2 aromatic rings. The fourth-order valence-corrected chi connectivity index (χ4v) is 5.72. The summed E-state index contributed by atoms with van der Waals surface area (Å²) in [5.41, 5.74) is 3.85. The molecule has 6 nitrogen and oxygen atoms in total. The Balaban J connectivity index is 1.54. The average molecular weight is 519 g/mol. The fourth-order valence-electron chi connectivity index (χ4n) is 5.72. The van der Waals surface area contributed by atoms with Gasteiger partial charge in [-0.25, -0.2) is 0 Å². The number of hydrogen-bond acceptors (Lipinski definition) is 4. The molecular weight excluding hydrogens is 472 g/mol. The second kappa shape index (κ2) is 14.5. The van der Waals surface area contributed by atoms with Gasteiger partial charge in [0.25, 0.3) is 5.91 Å². The largest absolute Gasteiger partial charge is 0.350 e. The number of likely N-dealkylation sites (tertiary alicyclic amines) is 1. The van der Waals surface area contributed by atoms with Crippen LogP contribution in [0.4, 0.5) is 5.69 Å². The van der Waals surface area contributed by atoms with E-state index in [1.54, 1.807) is 0 Å². The Hall–Kier alpha value is -2.70. The predicted octanol–water partition coefficient (Wildman–Crippen LogP) is 5.69. The van der Waals surface area contributed by atoms with Gasteiger partial charge in [0.1, 0.15) is 0 Å². The van der Waals surface area contributed by atoms with Crippen molar-refractivity contribution in [3.05, 3.63) is 65.2 Å². The molecule has 1 saturated heterocycles. The van der Waals surface area contributed by atoms with Crippen LogP contribution in [-0.4, -0.2) is 49.4 Å². The average Bonchev–Trinajstić information content (AvgIpc) is 2.94. The van der Waals surface area contributed by atoms with Crippen molar-refractivity contribution in [1.82, 2.24) is 15.5 Å². The van der Waals surface area contributed by atoms with Crippen molar-refractivity contribution in [3.63, 3.8) is 0 Å². The first-order valence-electron chi connectivity index (χ1n) is 14.8. The topological polar surface area (TPSA) is 64.7 Å². The first kappa shape index (κ1) is 28.3. The Morgan fingerprint density at radius 3 is 2.32 bits per heavy atom. The van der Waals surface area contributed by atoms with Gasteiger partial charge in [-0.05, 0) is 74.6 Å². The number of nitrogens with one attached hydrogen (secondary N) is 2. The minimum atomic E-state index is -0.0728. The maximum atomic E-state index is 13.4. The number of hydrogen-bond donors (Lipinski definition) is 2. The minimum Gasteiger partial charge on any atom is -0.350 e. The smallest absolute Gasteiger partial charge is 0.251 e. The molecule has 4 rings (SSSR count). The van der Waals surface area contributed by atoms with Gasteiger partial charge in [-0.3, -0.25) is 14.5 Å². The van der Waals surface area contributed by atoms with Crippen LogP contribution in [0.15, 0.2) is 48.5 Å². The van der Waals surface area contributed by atoms with Crippen LogP contribution >= 0.6 is 0 Å². The molecule has 2 amide bonds. The zero-order valence-electron chi connectivity index (χ0n) is 23.4. The zero-order valence-corrected chi connectivity index (χ0v) is 23.4. The summed E-state index contributed by atoms with van der Waals surface area (Å²) in [5, 5.41) is 6.79. The summed E-state index contributed by atoms with van der Waals surface area (Å²) in [6, 6.07) is 16.6. The molecule has 1 unspecified atom stereocenters. The van der Waals surface area contributed by atoms with Crippen LogP contribution in [0.5, 0.6) is 0 Å². The van der Waals surface area contributed by atoms with E-state index in [4.69, 9.17) is 0 Å². The molecule has 2 aliphatic rings. The minimum absolute atomic E-state index is 0.0569. The van der Waals surface area contributed by atoms with Gasteiger partial charge in [-0.2, -0.15) is 0 Å². The van der Waals surface area contributed by atoms with Crippen molar-refractivity contribution in [3.8, 4) is 0 Å². The van der Waals surface area contributed by atoms with Gasteiger partial charge in [-0.15, -0.1) is 0 Å². The van der Waals surface area contributed by atoms with Crippen LogP contribution in [0.25, 0.3) is 0 Å². The molecule has 1 fully saturated rings. The molecule has 0 spiro atoms. The number of nitrogens with zero attached hydrogens (tertiary/aromatic N) is 2. The normalized spacial score (nSPS) is 18.7. The summed E-state index contributed by atoms with van der Waals surface area (Å²) < 4.78 is 0. The summed E-state index contributed by atoms with van der Waals surface area (Å²) in [6.45, 7) is 8.97. The Bertz CT molecular complexity index is 1030. The van der Waals surface area contributed by atoms with Crippen molar-refractivity contribution in [2.24, 2.45) is 5.92 Å². The SMILES string of the molecule is CC(C)C(=O)N1CCCCCCCNCc2cc(C(=O)NCC(c3ccccc3)N3CCCCC3)ccc21. The molecule has 2 heterocycles. The monoisotopic (exact) mass is 518 g/mol. The molecule has 2 aliphatic heterocycles. The van der Waals surface area contributed by atoms with Gasteiger partial charge < -0.3 is 15.5 Å². The van der Waals surface area contributed by atoms with E-state index in [9.17, 15) is 9.59 Å². The quantitative estimate of drug-likeness (QED) is 0.516. The standard InChI is InChI=1S/C32H46N4O2/c1-25(2)32(38)36-21-13-5-3-4-10-18-33-23-28-22-27(16-17-29(28)36)31(37)34-24-30(26-14-8-6-9-15-26)35-19-11-7-12-20-35/h6,8-9,14-17,22,25,30,33H,3-5,7,10-13,18-21,23-24H2,1-2H3,(H,34,37). The van der Waals surface area contributed by atoms with Gasteiger partial charge in [0.05, 0.1) is 6.04 Å². The second-order valence-corrected chi connectivity index (χ2v) is 11.2. The number of fused-ring (bicyclic) bond motifs is 1. The first-order valence-corrected chi connectivity index (χ1v) is 14.8. The Labute approximate surface area is 229 Å². The van der Waals surface area contributed by atoms with Crippen LogP contribution in [0.3, 0.4) is 0 Å². The third-order valence-corrected chi connectivity index (χ3v) is 7.91. The lowest BCUT2D eigenvalue weighted by Crippen LogP contribution is -2.40. The molecule has 0 saturated carbocycles. The maximum absolute atomic E-state index is 13.4. The lowest BCUT2D eigenvalue weighted by atomic mass is 10.0. The summed E-state index contributed by atoms with van der Waals surface area (Å²) in [5.74, 6) is 0.0164. The van der Waals surface area contributed by atoms with Crippen molar-refractivity contribution in [2.45, 2.75) is 77.8 Å². The Morgan fingerprint density at radius 1 is 0.868 bits per heavy atom. The third kappa shape index (κ3) is 7.67. The van der Waals surface area contributed by atoms with Crippen LogP contribution in [0.2, 0.25) is 0 Å². The third-order valence-electron chi connectivity index (χ3n) is 7.91. The molecular formula is C32H46N4O2. The summed E-state index contributed by atoms with van der Waals surface area (Å²) in [4.78, 5) is 31.1. The molecule has 0 bridgehead atoms. The predicted molar refractivity (Wildman–Crippen MR) is 155 cm³/mol. The van der Waals surface area contributed by atoms with Crippen LogP contribution < -0.4 is 15.5 Å². The van der Waals surface area contributed by atoms with Crippen molar-refractivity contribution in [1.29, 1.82) is 0 Å². The van der Waals surface area contributed by atoms with Crippen molar-refractivity contribution in [2.75, 3.05) is 37.6 Å². The van der Waals surface area contributed by atoms with Gasteiger partial charge in [0, 0.05) is 36.8 Å². The second-order valence-electron chi connectivity index (χ2n) is 11.2. The van der Waals surface area contributed by atoms with E-state index >= 15 is 0 Å². The lowest BCUT2D eigenvalue weighted by molar-refractivity contribution is -0.121. The van der Waals surface area contributed by atoms with Crippen LogP contribution in [0.1, 0.15) is 92.7 Å². The van der Waals surface area contributed by atoms with Gasteiger partial charge in [0.15, 0.2) is 0 Å². The molecule has 38 heavy (non-hydrogen) atoms. The van der Waals surface area contributed by atoms with Gasteiger partial charge in [0.2, 0.25) is 5.91 Å². The maximum Gasteiger partial charge on any atom is 0.251 e. The molecule has 0 aliphatic carbocycles. The molecule has 0 aromatic heterocycles. The molecule has 206 valence electrons. The van der Waals surface area contributed by atoms with Crippen LogP contribution in [-0.2, 0) is 11.3 Å². The highest BCUT2D eigenvalue weighted by Gasteiger charge is 2.25. The van der Waals surface area contributed by atoms with Crippen LogP contribution in [0, 0.1) is 5.92 Å². The van der Waals surface area contributed by atoms with E-state index in [1.807, 2.05) is 43.0 Å². The lowest BCUT2D eigenvalue weighted by Gasteiger charge is -2.35. The van der Waals surface area contributed by atoms with E-state index in [-0.39, 0.29) is 23.8 Å². The van der Waals surface area contributed by atoms with Gasteiger partial charge in [-0.1, -0.05) is 69.9 Å². The summed E-state index contributed by atoms with van der Waals surface area (Å²) >= 11 is 0. The highest BCUT2D eigenvalue weighted by Crippen LogP contribution is 2.27. The van der Waals surface area contributed by atoms with Gasteiger partial charge >= 0.3 is 0 Å². The zero-order chi connectivity index (χ0) is 26.7. The highest BCUT2D eigenvalue weighted by molar-refractivity contribution is 5.98. The Morgan fingerprint density at radius 2 is 1.55 bits per heavy atom. The summed E-state index contributed by atoms with van der Waals surface area (Å²) in [7, 11) is 0. The fraction of sp³-hybridized carbons (Fsp3) is 0.562. The number of benzene rings is 2. The van der Waals surface area contributed by atoms with Crippen molar-refractivity contribution >= 4 is 17.5 Å². The molecule has 2 aromatic carbocycles. The number of carbonyl (C=O) groups excluding carboxylic acids is 2. The van der Waals surface area contributed by atoms with E-state index in [1.165, 1.54) is 37.7 Å². The van der Waals surface area contributed by atoms with E-state index < -0.39 is 0 Å². The summed E-state index contributed by atoms with van der Waals surface area (Å²) in [6.07, 6.45) is 9.41. The molecule has 2 N–H and O–H groups in total. The molecule has 0 radical (unpaired) electrons. The van der Waals surface area contributed by atoms with Crippen molar-refractivity contribution < 1.29 is 9.59 Å². The first-order chi connectivity index (χ1) is 18.5.